The second kappa shape index (κ2) is 7.39. The topological polar surface area (TPSA) is 38.1 Å². The molecular formula is C18H25N3OS. The van der Waals surface area contributed by atoms with Gasteiger partial charge in [-0.2, -0.15) is 0 Å². The molecule has 1 aromatic heterocycles. The number of imidazole rings is 1. The molecular weight excluding hydrogens is 306 g/mol. The van der Waals surface area contributed by atoms with Gasteiger partial charge < -0.3 is 9.47 Å². The highest BCUT2D eigenvalue weighted by molar-refractivity contribution is 7.98. The lowest BCUT2D eigenvalue weighted by Crippen LogP contribution is -2.43. The Kier molecular flexibility index (Phi) is 5.26. The highest BCUT2D eigenvalue weighted by atomic mass is 32.2. The average molecular weight is 331 g/mol. The van der Waals surface area contributed by atoms with Crippen LogP contribution in [0.3, 0.4) is 0 Å². The van der Waals surface area contributed by atoms with Crippen molar-refractivity contribution in [1.82, 2.24) is 14.5 Å². The van der Waals surface area contributed by atoms with Crippen LogP contribution in [0.25, 0.3) is 11.0 Å². The number of benzene rings is 1. The lowest BCUT2D eigenvalue weighted by atomic mass is 9.94. The quantitative estimate of drug-likeness (QED) is 0.779. The molecule has 0 bridgehead atoms. The largest absolute Gasteiger partial charge is 0.338 e. The monoisotopic (exact) mass is 331 g/mol. The molecule has 1 aromatic carbocycles. The first-order chi connectivity index (χ1) is 11.2. The van der Waals surface area contributed by atoms with Crippen LogP contribution in [0.5, 0.6) is 0 Å². The number of likely N-dealkylation sites (N-methyl/N-ethyl adjacent to an activating group) is 1. The Hall–Kier alpha value is -1.49. The average Bonchev–Trinajstić information content (AvgIpc) is 2.94. The molecule has 0 unspecified atom stereocenters. The third-order valence-corrected chi connectivity index (χ3v) is 5.45. The summed E-state index contributed by atoms with van der Waals surface area (Å²) in [5.74, 6) is 0.220. The molecule has 23 heavy (non-hydrogen) atoms. The second-order valence-electron chi connectivity index (χ2n) is 6.14. The van der Waals surface area contributed by atoms with Gasteiger partial charge in [0.25, 0.3) is 0 Å². The summed E-state index contributed by atoms with van der Waals surface area (Å²) in [6.07, 6.45) is 8.13. The van der Waals surface area contributed by atoms with Crippen molar-refractivity contribution in [3.8, 4) is 0 Å². The molecule has 0 spiro atoms. The van der Waals surface area contributed by atoms with E-state index in [4.69, 9.17) is 0 Å². The number of rotatable bonds is 5. The van der Waals surface area contributed by atoms with Crippen LogP contribution in [0.15, 0.2) is 29.4 Å². The molecule has 0 radical (unpaired) electrons. The van der Waals surface area contributed by atoms with E-state index in [1.807, 2.05) is 30.5 Å². The number of fused-ring (bicyclic) bond motifs is 1. The number of nitrogens with zero attached hydrogens (tertiary/aromatic N) is 3. The highest BCUT2D eigenvalue weighted by Crippen LogP contribution is 2.25. The summed E-state index contributed by atoms with van der Waals surface area (Å²) in [5, 5.41) is 0.916. The molecule has 0 atom stereocenters. The summed E-state index contributed by atoms with van der Waals surface area (Å²) in [6.45, 7) is 3.28. The minimum absolute atomic E-state index is 0.220. The summed E-state index contributed by atoms with van der Waals surface area (Å²) < 4.78 is 2.06. The van der Waals surface area contributed by atoms with Gasteiger partial charge in [0.15, 0.2) is 5.16 Å². The van der Waals surface area contributed by atoms with E-state index < -0.39 is 0 Å². The fraction of sp³-hybridized carbons (Fsp3) is 0.556. The Bertz CT molecular complexity index is 676. The number of para-hydroxylation sites is 2. The van der Waals surface area contributed by atoms with Crippen LogP contribution in [0.2, 0.25) is 0 Å². The molecule has 0 N–H and O–H groups in total. The van der Waals surface area contributed by atoms with Crippen LogP contribution in [0.1, 0.15) is 39.0 Å². The van der Waals surface area contributed by atoms with Crippen molar-refractivity contribution < 1.29 is 4.79 Å². The van der Waals surface area contributed by atoms with Gasteiger partial charge in [-0.3, -0.25) is 4.79 Å². The Balaban J connectivity index is 1.83. The molecule has 1 heterocycles. The van der Waals surface area contributed by atoms with Crippen LogP contribution in [0.4, 0.5) is 0 Å². The molecule has 3 rings (SSSR count). The smallest absolute Gasteiger partial charge is 0.242 e. The van der Waals surface area contributed by atoms with Crippen LogP contribution in [-0.4, -0.2) is 39.2 Å². The summed E-state index contributed by atoms with van der Waals surface area (Å²) in [7, 11) is 0. The molecule has 5 heteroatoms. The van der Waals surface area contributed by atoms with E-state index in [1.165, 1.54) is 19.3 Å². The molecule has 0 aliphatic heterocycles. The zero-order chi connectivity index (χ0) is 16.2. The molecule has 124 valence electrons. The number of hydrogen-bond acceptors (Lipinski definition) is 3. The standard InChI is InChI=1S/C18H25N3OS/c1-3-20(14-9-5-4-6-10-14)17(22)13-21-16-12-8-7-11-15(16)19-18(21)23-2/h7-8,11-12,14H,3-6,9-10,13H2,1-2H3. The predicted molar refractivity (Wildman–Crippen MR) is 95.8 cm³/mol. The van der Waals surface area contributed by atoms with Gasteiger partial charge in [0, 0.05) is 12.6 Å². The Morgan fingerprint density at radius 1 is 1.30 bits per heavy atom. The Morgan fingerprint density at radius 3 is 2.74 bits per heavy atom. The van der Waals surface area contributed by atoms with E-state index in [1.54, 1.807) is 11.8 Å². The maximum Gasteiger partial charge on any atom is 0.242 e. The first-order valence-electron chi connectivity index (χ1n) is 8.53. The zero-order valence-corrected chi connectivity index (χ0v) is 14.8. The first-order valence-corrected chi connectivity index (χ1v) is 9.75. The van der Waals surface area contributed by atoms with Crippen molar-refractivity contribution >= 4 is 28.7 Å². The van der Waals surface area contributed by atoms with Gasteiger partial charge in [0.1, 0.15) is 6.54 Å². The molecule has 1 saturated carbocycles. The van der Waals surface area contributed by atoms with E-state index in [-0.39, 0.29) is 5.91 Å². The third kappa shape index (κ3) is 3.39. The molecule has 1 aliphatic carbocycles. The lowest BCUT2D eigenvalue weighted by molar-refractivity contribution is -0.134. The lowest BCUT2D eigenvalue weighted by Gasteiger charge is -2.33. The van der Waals surface area contributed by atoms with Crippen LogP contribution < -0.4 is 0 Å². The number of aromatic nitrogens is 2. The van der Waals surface area contributed by atoms with Crippen LogP contribution in [-0.2, 0) is 11.3 Å². The fourth-order valence-corrected chi connectivity index (χ4v) is 4.19. The maximum absolute atomic E-state index is 12.9. The van der Waals surface area contributed by atoms with E-state index in [0.29, 0.717) is 12.6 Å². The van der Waals surface area contributed by atoms with Crippen LogP contribution in [0, 0.1) is 0 Å². The number of carbonyl (C=O) groups excluding carboxylic acids is 1. The van der Waals surface area contributed by atoms with Crippen molar-refractivity contribution in [3.05, 3.63) is 24.3 Å². The number of amides is 1. The van der Waals surface area contributed by atoms with Crippen molar-refractivity contribution in [1.29, 1.82) is 0 Å². The summed E-state index contributed by atoms with van der Waals surface area (Å²) in [4.78, 5) is 19.6. The minimum Gasteiger partial charge on any atom is -0.338 e. The molecule has 4 nitrogen and oxygen atoms in total. The van der Waals surface area contributed by atoms with E-state index in [2.05, 4.69) is 21.4 Å². The van der Waals surface area contributed by atoms with E-state index in [9.17, 15) is 4.79 Å². The summed E-state index contributed by atoms with van der Waals surface area (Å²) in [6, 6.07) is 8.48. The van der Waals surface area contributed by atoms with Gasteiger partial charge in [-0.15, -0.1) is 0 Å². The van der Waals surface area contributed by atoms with Gasteiger partial charge in [0.05, 0.1) is 11.0 Å². The number of carbonyl (C=O) groups is 1. The normalized spacial score (nSPS) is 15.9. The van der Waals surface area contributed by atoms with Crippen molar-refractivity contribution in [2.24, 2.45) is 0 Å². The molecule has 0 saturated heterocycles. The maximum atomic E-state index is 12.9. The zero-order valence-electron chi connectivity index (χ0n) is 14.0. The minimum atomic E-state index is 0.220. The fourth-order valence-electron chi connectivity index (χ4n) is 3.62. The van der Waals surface area contributed by atoms with Gasteiger partial charge >= 0.3 is 0 Å². The molecule has 1 amide bonds. The first kappa shape index (κ1) is 16.4. The van der Waals surface area contributed by atoms with Gasteiger partial charge in [-0.25, -0.2) is 4.98 Å². The number of thioether (sulfide) groups is 1. The van der Waals surface area contributed by atoms with Gasteiger partial charge in [-0.1, -0.05) is 43.2 Å². The predicted octanol–water partition coefficient (Wildman–Crippen LogP) is 3.94. The molecule has 2 aromatic rings. The summed E-state index contributed by atoms with van der Waals surface area (Å²) >= 11 is 1.60. The number of hydrogen-bond donors (Lipinski definition) is 0. The van der Waals surface area contributed by atoms with Gasteiger partial charge in [-0.05, 0) is 38.2 Å². The van der Waals surface area contributed by atoms with E-state index in [0.717, 1.165) is 35.6 Å². The Labute approximate surface area is 142 Å². The van der Waals surface area contributed by atoms with Crippen LogP contribution >= 0.6 is 11.8 Å². The Morgan fingerprint density at radius 2 is 2.04 bits per heavy atom. The van der Waals surface area contributed by atoms with Crippen molar-refractivity contribution in [3.63, 3.8) is 0 Å². The highest BCUT2D eigenvalue weighted by Gasteiger charge is 2.25. The molecule has 1 aliphatic rings. The van der Waals surface area contributed by atoms with Gasteiger partial charge in [0.2, 0.25) is 5.91 Å². The second-order valence-corrected chi connectivity index (χ2v) is 6.92. The SMILES string of the molecule is CCN(C(=O)Cn1c(SC)nc2ccccc21)C1CCCCC1. The van der Waals surface area contributed by atoms with E-state index >= 15 is 0 Å². The summed E-state index contributed by atoms with van der Waals surface area (Å²) in [5.41, 5.74) is 2.01. The third-order valence-electron chi connectivity index (χ3n) is 4.77. The van der Waals surface area contributed by atoms with Crippen molar-refractivity contribution in [2.45, 2.75) is 56.8 Å². The van der Waals surface area contributed by atoms with Crippen molar-refractivity contribution in [2.75, 3.05) is 12.8 Å². The molecule has 1 fully saturated rings.